The number of nitrogens with one attached hydrogen (secondary N) is 1. The molecule has 2 saturated heterocycles. The molecule has 3 rings (SSSR count). The van der Waals surface area contributed by atoms with Gasteiger partial charge < -0.3 is 10.2 Å². The van der Waals surface area contributed by atoms with Crippen LogP contribution in [0.4, 0.5) is 0 Å². The monoisotopic (exact) mass is 415 g/mol. The first-order chi connectivity index (χ1) is 12.3. The summed E-state index contributed by atoms with van der Waals surface area (Å²) in [5, 5.41) is 3.44. The minimum absolute atomic E-state index is 0. The number of sulfonamides is 1. The number of rotatable bonds is 4. The van der Waals surface area contributed by atoms with Gasteiger partial charge in [0.25, 0.3) is 5.91 Å². The maximum absolute atomic E-state index is 12.8. The Hall–Kier alpha value is -1.15. The van der Waals surface area contributed by atoms with Gasteiger partial charge in [0.2, 0.25) is 10.0 Å². The third-order valence-corrected chi connectivity index (χ3v) is 7.86. The van der Waals surface area contributed by atoms with Crippen LogP contribution in [0.2, 0.25) is 0 Å². The van der Waals surface area contributed by atoms with Crippen molar-refractivity contribution in [3.8, 4) is 0 Å². The number of likely N-dealkylation sites (tertiary alicyclic amines) is 1. The second kappa shape index (κ2) is 8.90. The van der Waals surface area contributed by atoms with Crippen molar-refractivity contribution in [2.24, 2.45) is 11.8 Å². The van der Waals surface area contributed by atoms with Gasteiger partial charge in [-0.15, -0.1) is 12.4 Å². The Labute approximate surface area is 168 Å². The molecule has 8 heteroatoms. The summed E-state index contributed by atoms with van der Waals surface area (Å²) in [7, 11) is -1.95. The Morgan fingerprint density at radius 1 is 1.11 bits per heavy atom. The van der Waals surface area contributed by atoms with Gasteiger partial charge in [0.15, 0.2) is 0 Å². The lowest BCUT2D eigenvalue weighted by Crippen LogP contribution is -2.33. The SMILES string of the molecule is CC(C)N(C)S(=O)(=O)c1ccc(C(=O)N2CC[C@@H]3CNC[C@@H]3CC2)cc1.Cl. The van der Waals surface area contributed by atoms with Crippen LogP contribution in [0.3, 0.4) is 0 Å². The van der Waals surface area contributed by atoms with Gasteiger partial charge >= 0.3 is 0 Å². The molecule has 0 spiro atoms. The van der Waals surface area contributed by atoms with Gasteiger partial charge in [0.05, 0.1) is 4.90 Å². The molecule has 2 aliphatic rings. The fourth-order valence-corrected chi connectivity index (χ4v) is 5.18. The van der Waals surface area contributed by atoms with Crippen molar-refractivity contribution < 1.29 is 13.2 Å². The van der Waals surface area contributed by atoms with E-state index in [9.17, 15) is 13.2 Å². The summed E-state index contributed by atoms with van der Waals surface area (Å²) >= 11 is 0. The maximum Gasteiger partial charge on any atom is 0.253 e. The molecular weight excluding hydrogens is 386 g/mol. The van der Waals surface area contributed by atoms with Crippen molar-refractivity contribution in [1.29, 1.82) is 0 Å². The number of halogens is 1. The second-order valence-electron chi connectivity index (χ2n) is 7.69. The van der Waals surface area contributed by atoms with Gasteiger partial charge in [-0.3, -0.25) is 4.79 Å². The molecule has 2 heterocycles. The van der Waals surface area contributed by atoms with E-state index in [1.165, 1.54) is 16.4 Å². The van der Waals surface area contributed by atoms with Crippen LogP contribution < -0.4 is 5.32 Å². The summed E-state index contributed by atoms with van der Waals surface area (Å²) in [4.78, 5) is 15.0. The number of fused-ring (bicyclic) bond motifs is 1. The largest absolute Gasteiger partial charge is 0.339 e. The third kappa shape index (κ3) is 4.65. The van der Waals surface area contributed by atoms with Gasteiger partial charge in [-0.2, -0.15) is 4.31 Å². The molecule has 0 aliphatic carbocycles. The Balaban J connectivity index is 0.00000261. The van der Waals surface area contributed by atoms with Crippen LogP contribution in [0.25, 0.3) is 0 Å². The lowest BCUT2D eigenvalue weighted by molar-refractivity contribution is 0.0758. The molecule has 1 amide bonds. The van der Waals surface area contributed by atoms with E-state index in [-0.39, 0.29) is 29.3 Å². The minimum atomic E-state index is -3.52. The van der Waals surface area contributed by atoms with E-state index in [0.717, 1.165) is 39.0 Å². The van der Waals surface area contributed by atoms with Crippen LogP contribution in [0.5, 0.6) is 0 Å². The molecule has 2 aliphatic heterocycles. The lowest BCUT2D eigenvalue weighted by Gasteiger charge is -2.22. The smallest absolute Gasteiger partial charge is 0.253 e. The molecule has 1 aromatic rings. The molecule has 1 aromatic carbocycles. The zero-order chi connectivity index (χ0) is 18.9. The second-order valence-corrected chi connectivity index (χ2v) is 9.68. The first-order valence-electron chi connectivity index (χ1n) is 9.39. The maximum atomic E-state index is 12.8. The summed E-state index contributed by atoms with van der Waals surface area (Å²) in [5.74, 6) is 1.35. The topological polar surface area (TPSA) is 69.7 Å². The van der Waals surface area contributed by atoms with E-state index in [2.05, 4.69) is 5.32 Å². The zero-order valence-corrected chi connectivity index (χ0v) is 17.9. The quantitative estimate of drug-likeness (QED) is 0.818. The van der Waals surface area contributed by atoms with E-state index < -0.39 is 10.0 Å². The first-order valence-corrected chi connectivity index (χ1v) is 10.8. The lowest BCUT2D eigenvalue weighted by atomic mass is 9.92. The first kappa shape index (κ1) is 22.1. The average molecular weight is 416 g/mol. The van der Waals surface area contributed by atoms with Crippen molar-refractivity contribution in [3.63, 3.8) is 0 Å². The molecule has 0 radical (unpaired) electrons. The molecule has 0 unspecified atom stereocenters. The van der Waals surface area contributed by atoms with Crippen LogP contribution in [-0.2, 0) is 10.0 Å². The van der Waals surface area contributed by atoms with Gasteiger partial charge in [-0.05, 0) is 75.9 Å². The minimum Gasteiger partial charge on any atom is -0.339 e. The van der Waals surface area contributed by atoms with Gasteiger partial charge in [-0.1, -0.05) is 0 Å². The summed E-state index contributed by atoms with van der Waals surface area (Å²) in [5.41, 5.74) is 0.557. The highest BCUT2D eigenvalue weighted by molar-refractivity contribution is 7.89. The number of carbonyl (C=O) groups excluding carboxylic acids is 1. The Kier molecular flexibility index (Phi) is 7.30. The van der Waals surface area contributed by atoms with Crippen molar-refractivity contribution in [2.45, 2.75) is 37.6 Å². The van der Waals surface area contributed by atoms with Gasteiger partial charge in [0.1, 0.15) is 0 Å². The molecule has 152 valence electrons. The van der Waals surface area contributed by atoms with Crippen molar-refractivity contribution in [3.05, 3.63) is 29.8 Å². The van der Waals surface area contributed by atoms with Gasteiger partial charge in [-0.25, -0.2) is 8.42 Å². The average Bonchev–Trinajstić information content (AvgIpc) is 2.99. The van der Waals surface area contributed by atoms with Gasteiger partial charge in [0, 0.05) is 31.7 Å². The predicted molar refractivity (Wildman–Crippen MR) is 109 cm³/mol. The summed E-state index contributed by atoms with van der Waals surface area (Å²) < 4.78 is 26.4. The predicted octanol–water partition coefficient (Wildman–Crippen LogP) is 2.21. The molecule has 0 bridgehead atoms. The van der Waals surface area contributed by atoms with Crippen LogP contribution in [0.1, 0.15) is 37.0 Å². The molecule has 6 nitrogen and oxygen atoms in total. The summed E-state index contributed by atoms with van der Waals surface area (Å²) in [6.45, 7) is 7.33. The van der Waals surface area contributed by atoms with Crippen LogP contribution >= 0.6 is 12.4 Å². The number of nitrogens with zero attached hydrogens (tertiary/aromatic N) is 2. The molecule has 2 fully saturated rings. The summed E-state index contributed by atoms with van der Waals surface area (Å²) in [6.07, 6.45) is 2.07. The number of amides is 1. The molecule has 2 atom stereocenters. The van der Waals surface area contributed by atoms with E-state index in [4.69, 9.17) is 0 Å². The zero-order valence-electron chi connectivity index (χ0n) is 16.2. The van der Waals surface area contributed by atoms with E-state index >= 15 is 0 Å². The normalized spacial score (nSPS) is 23.1. The number of carbonyl (C=O) groups is 1. The molecule has 0 saturated carbocycles. The van der Waals surface area contributed by atoms with E-state index in [1.807, 2.05) is 18.7 Å². The highest BCUT2D eigenvalue weighted by Gasteiger charge is 2.32. The van der Waals surface area contributed by atoms with Crippen molar-refractivity contribution >= 4 is 28.3 Å². The standard InChI is InChI=1S/C19H29N3O3S.ClH/c1-14(2)21(3)26(24,25)18-6-4-15(5-7-18)19(23)22-10-8-16-12-20-13-17(16)9-11-22;/h4-7,14,16-17,20H,8-13H2,1-3H3;1H/t16-,17+;. The molecular formula is C19H30ClN3O3S. The van der Waals surface area contributed by atoms with Crippen molar-refractivity contribution in [1.82, 2.24) is 14.5 Å². The number of hydrogen-bond acceptors (Lipinski definition) is 4. The Morgan fingerprint density at radius 2 is 1.63 bits per heavy atom. The molecule has 0 aromatic heterocycles. The number of benzene rings is 1. The Morgan fingerprint density at radius 3 is 2.11 bits per heavy atom. The van der Waals surface area contributed by atoms with Crippen LogP contribution in [0.15, 0.2) is 29.2 Å². The van der Waals surface area contributed by atoms with Crippen molar-refractivity contribution in [2.75, 3.05) is 33.2 Å². The fraction of sp³-hybridized carbons (Fsp3) is 0.632. The van der Waals surface area contributed by atoms with E-state index in [1.54, 1.807) is 19.2 Å². The van der Waals surface area contributed by atoms with Crippen LogP contribution in [0, 0.1) is 11.8 Å². The molecule has 1 N–H and O–H groups in total. The van der Waals surface area contributed by atoms with Crippen LogP contribution in [-0.4, -0.2) is 62.8 Å². The van der Waals surface area contributed by atoms with E-state index in [0.29, 0.717) is 17.4 Å². The summed E-state index contributed by atoms with van der Waals surface area (Å²) in [6, 6.07) is 6.23. The molecule has 27 heavy (non-hydrogen) atoms. The Bertz CT molecular complexity index is 738. The number of hydrogen-bond donors (Lipinski definition) is 1. The fourth-order valence-electron chi connectivity index (χ4n) is 3.82. The highest BCUT2D eigenvalue weighted by Crippen LogP contribution is 2.28. The third-order valence-electron chi connectivity index (χ3n) is 5.81. The highest BCUT2D eigenvalue weighted by atomic mass is 35.5.